The van der Waals surface area contributed by atoms with Gasteiger partial charge in [0.1, 0.15) is 19.3 Å². The summed E-state index contributed by atoms with van der Waals surface area (Å²) in [6.45, 7) is 9.15. The molecule has 0 aromatic heterocycles. The van der Waals surface area contributed by atoms with E-state index in [-0.39, 0.29) is 25.7 Å². The van der Waals surface area contributed by atoms with Crippen LogP contribution in [0.25, 0.3) is 0 Å². The lowest BCUT2D eigenvalue weighted by Crippen LogP contribution is -2.30. The highest BCUT2D eigenvalue weighted by molar-refractivity contribution is 7.47. The number of phosphoric ester groups is 2. The molecule has 0 heterocycles. The van der Waals surface area contributed by atoms with Crippen LogP contribution in [0.15, 0.2) is 0 Å². The molecule has 0 aliphatic heterocycles. The van der Waals surface area contributed by atoms with Gasteiger partial charge in [-0.05, 0) is 37.5 Å². The Hall–Kier alpha value is -1.94. The van der Waals surface area contributed by atoms with E-state index in [1.54, 1.807) is 0 Å². The molecule has 19 heteroatoms. The molecule has 0 fully saturated rings. The molecule has 73 heavy (non-hydrogen) atoms. The Bertz CT molecular complexity index is 1460. The van der Waals surface area contributed by atoms with Gasteiger partial charge in [-0.15, -0.1) is 0 Å². The molecule has 0 saturated carbocycles. The Kier molecular flexibility index (Phi) is 46.0. The summed E-state index contributed by atoms with van der Waals surface area (Å²) < 4.78 is 67.3. The molecule has 0 aromatic rings. The summed E-state index contributed by atoms with van der Waals surface area (Å²) in [6.07, 6.45) is 25.9. The molecule has 0 bridgehead atoms. The molecular formula is C54H104O17P2. The number of carbonyl (C=O) groups excluding carboxylic acids is 4. The molecular weight excluding hydrogens is 983 g/mol. The lowest BCUT2D eigenvalue weighted by Gasteiger charge is -2.21. The summed E-state index contributed by atoms with van der Waals surface area (Å²) in [5, 5.41) is 10.4. The van der Waals surface area contributed by atoms with Crippen LogP contribution in [-0.4, -0.2) is 96.7 Å². The van der Waals surface area contributed by atoms with Crippen molar-refractivity contribution in [3.8, 4) is 0 Å². The Balaban J connectivity index is 5.19. The van der Waals surface area contributed by atoms with Gasteiger partial charge < -0.3 is 33.8 Å². The number of aliphatic hydroxyl groups excluding tert-OH is 1. The first-order valence-corrected chi connectivity index (χ1v) is 31.5. The van der Waals surface area contributed by atoms with Crippen LogP contribution in [0.2, 0.25) is 0 Å². The van der Waals surface area contributed by atoms with E-state index in [4.69, 9.17) is 37.0 Å². The Labute approximate surface area is 441 Å². The SMILES string of the molecule is CCCCCCCCCCCC(=O)O[C@H](COC(=O)CCCCCCC)COP(=O)(O)OC[C@H](O)COP(=O)(O)OC[C@@H](COC(=O)CCCCCCCCC(C)C)OC(=O)CCCCCCCCCC(C)C. The second kappa shape index (κ2) is 47.3. The number of rotatable bonds is 53. The van der Waals surface area contributed by atoms with Crippen molar-refractivity contribution in [2.45, 2.75) is 272 Å². The molecule has 2 unspecified atom stereocenters. The molecule has 432 valence electrons. The van der Waals surface area contributed by atoms with Crippen LogP contribution >= 0.6 is 15.6 Å². The van der Waals surface area contributed by atoms with Crippen LogP contribution in [0.1, 0.15) is 253 Å². The van der Waals surface area contributed by atoms with E-state index in [0.29, 0.717) is 37.5 Å². The predicted octanol–water partition coefficient (Wildman–Crippen LogP) is 13.7. The molecule has 0 saturated heterocycles. The summed E-state index contributed by atoms with van der Waals surface area (Å²) >= 11 is 0. The molecule has 0 aliphatic rings. The van der Waals surface area contributed by atoms with Gasteiger partial charge in [-0.2, -0.15) is 0 Å². The van der Waals surface area contributed by atoms with Gasteiger partial charge in [0.15, 0.2) is 12.2 Å². The first-order valence-electron chi connectivity index (χ1n) is 28.5. The van der Waals surface area contributed by atoms with Gasteiger partial charge in [-0.1, -0.05) is 202 Å². The topological polar surface area (TPSA) is 237 Å². The van der Waals surface area contributed by atoms with Crippen molar-refractivity contribution in [1.82, 2.24) is 0 Å². The van der Waals surface area contributed by atoms with Crippen LogP contribution in [0.5, 0.6) is 0 Å². The van der Waals surface area contributed by atoms with Crippen molar-refractivity contribution in [1.29, 1.82) is 0 Å². The molecule has 3 N–H and O–H groups in total. The van der Waals surface area contributed by atoms with Crippen molar-refractivity contribution in [2.24, 2.45) is 11.8 Å². The zero-order chi connectivity index (χ0) is 54.4. The minimum Gasteiger partial charge on any atom is -0.462 e. The highest BCUT2D eigenvalue weighted by Gasteiger charge is 2.30. The Morgan fingerprint density at radius 3 is 0.932 bits per heavy atom. The molecule has 0 aliphatic carbocycles. The van der Waals surface area contributed by atoms with Gasteiger partial charge in [0.25, 0.3) is 0 Å². The number of phosphoric acid groups is 2. The minimum atomic E-state index is -4.93. The van der Waals surface area contributed by atoms with Crippen molar-refractivity contribution in [3.63, 3.8) is 0 Å². The van der Waals surface area contributed by atoms with E-state index in [2.05, 4.69) is 41.5 Å². The third kappa shape index (κ3) is 49.4. The molecule has 0 rings (SSSR count). The van der Waals surface area contributed by atoms with Gasteiger partial charge in [-0.3, -0.25) is 37.3 Å². The maximum Gasteiger partial charge on any atom is 0.472 e. The number of carbonyl (C=O) groups is 4. The van der Waals surface area contributed by atoms with Crippen LogP contribution in [0.3, 0.4) is 0 Å². The Morgan fingerprint density at radius 2 is 0.630 bits per heavy atom. The van der Waals surface area contributed by atoms with E-state index >= 15 is 0 Å². The van der Waals surface area contributed by atoms with Crippen LogP contribution < -0.4 is 0 Å². The van der Waals surface area contributed by atoms with E-state index in [9.17, 15) is 43.2 Å². The average Bonchev–Trinajstić information content (AvgIpc) is 3.33. The predicted molar refractivity (Wildman–Crippen MR) is 285 cm³/mol. The summed E-state index contributed by atoms with van der Waals surface area (Å²) in [6, 6.07) is 0. The second-order valence-electron chi connectivity index (χ2n) is 20.6. The van der Waals surface area contributed by atoms with E-state index < -0.39 is 97.5 Å². The van der Waals surface area contributed by atoms with E-state index in [0.717, 1.165) is 103 Å². The van der Waals surface area contributed by atoms with Crippen molar-refractivity contribution in [3.05, 3.63) is 0 Å². The fourth-order valence-corrected chi connectivity index (χ4v) is 9.34. The second-order valence-corrected chi connectivity index (χ2v) is 23.5. The number of unbranched alkanes of at least 4 members (excludes halogenated alkanes) is 23. The number of hydrogen-bond acceptors (Lipinski definition) is 15. The van der Waals surface area contributed by atoms with Gasteiger partial charge in [0, 0.05) is 25.7 Å². The van der Waals surface area contributed by atoms with E-state index in [1.807, 2.05) is 0 Å². The lowest BCUT2D eigenvalue weighted by molar-refractivity contribution is -0.161. The van der Waals surface area contributed by atoms with E-state index in [1.165, 1.54) is 57.8 Å². The molecule has 0 radical (unpaired) electrons. The quantitative estimate of drug-likeness (QED) is 0.0222. The highest BCUT2D eigenvalue weighted by atomic mass is 31.2. The van der Waals surface area contributed by atoms with Gasteiger partial charge in [0.05, 0.1) is 26.4 Å². The third-order valence-corrected chi connectivity index (χ3v) is 14.1. The first-order chi connectivity index (χ1) is 34.9. The molecule has 5 atom stereocenters. The van der Waals surface area contributed by atoms with Crippen LogP contribution in [-0.2, 0) is 65.4 Å². The zero-order valence-electron chi connectivity index (χ0n) is 46.4. The maximum atomic E-state index is 12.9. The largest absolute Gasteiger partial charge is 0.472 e. The maximum absolute atomic E-state index is 12.9. The lowest BCUT2D eigenvalue weighted by atomic mass is 10.0. The molecule has 0 aromatic carbocycles. The fraction of sp³-hybridized carbons (Fsp3) is 0.926. The molecule has 0 spiro atoms. The fourth-order valence-electron chi connectivity index (χ4n) is 7.76. The monoisotopic (exact) mass is 1090 g/mol. The normalized spacial score (nSPS) is 14.6. The number of esters is 4. The summed E-state index contributed by atoms with van der Waals surface area (Å²) in [5.74, 6) is -0.789. The van der Waals surface area contributed by atoms with Crippen molar-refractivity contribution >= 4 is 39.5 Å². The average molecular weight is 1090 g/mol. The number of ether oxygens (including phenoxy) is 4. The summed E-state index contributed by atoms with van der Waals surface area (Å²) in [4.78, 5) is 71.4. The number of aliphatic hydroxyl groups is 1. The van der Waals surface area contributed by atoms with Gasteiger partial charge in [0.2, 0.25) is 0 Å². The summed E-state index contributed by atoms with van der Waals surface area (Å²) in [7, 11) is -9.85. The highest BCUT2D eigenvalue weighted by Crippen LogP contribution is 2.45. The van der Waals surface area contributed by atoms with Crippen molar-refractivity contribution in [2.75, 3.05) is 39.6 Å². The van der Waals surface area contributed by atoms with Gasteiger partial charge >= 0.3 is 39.5 Å². The van der Waals surface area contributed by atoms with Crippen LogP contribution in [0.4, 0.5) is 0 Å². The zero-order valence-corrected chi connectivity index (χ0v) is 48.2. The van der Waals surface area contributed by atoms with Gasteiger partial charge in [-0.25, -0.2) is 9.13 Å². The molecule has 17 nitrogen and oxygen atoms in total. The summed E-state index contributed by atoms with van der Waals surface area (Å²) in [5.41, 5.74) is 0. The minimum absolute atomic E-state index is 0.102. The Morgan fingerprint density at radius 1 is 0.370 bits per heavy atom. The first kappa shape index (κ1) is 71.1. The van der Waals surface area contributed by atoms with Crippen LogP contribution in [0, 0.1) is 11.8 Å². The van der Waals surface area contributed by atoms with Crippen molar-refractivity contribution < 1.29 is 80.2 Å². The smallest absolute Gasteiger partial charge is 0.462 e. The standard InChI is InChI=1S/C54H104O17P2/c1-7-9-11-13-14-15-18-26-32-38-53(58)70-49(42-64-51(56)36-30-22-12-10-8-2)44-68-72(60,61)66-40-48(55)41-67-73(62,63)69-45-50(43-65-52(57)37-31-25-21-20-24-29-35-47(5)6)71-54(59)39-33-27-19-16-17-23-28-34-46(3)4/h46-50,55H,7-45H2,1-6H3,(H,60,61)(H,62,63)/t48-,49+,50+/m0/s1. The third-order valence-electron chi connectivity index (χ3n) is 12.2. The molecule has 0 amide bonds. The number of hydrogen-bond donors (Lipinski definition) is 3.